The zero-order valence-electron chi connectivity index (χ0n) is 21.7. The summed E-state index contributed by atoms with van der Waals surface area (Å²) in [6.07, 6.45) is -4.72. The van der Waals surface area contributed by atoms with Crippen LogP contribution in [0.5, 0.6) is 5.75 Å². The highest BCUT2D eigenvalue weighted by Gasteiger charge is 2.47. The molecule has 1 heterocycles. The lowest BCUT2D eigenvalue weighted by molar-refractivity contribution is -0.303. The molecule has 3 aromatic carbocycles. The Kier molecular flexibility index (Phi) is 9.19. The lowest BCUT2D eigenvalue weighted by atomic mass is 9.90. The number of sulfone groups is 1. The van der Waals surface area contributed by atoms with Crippen molar-refractivity contribution in [3.63, 3.8) is 0 Å². The second-order valence-corrected chi connectivity index (χ2v) is 12.2. The fourth-order valence-electron chi connectivity index (χ4n) is 4.68. The van der Waals surface area contributed by atoms with Gasteiger partial charge in [0.25, 0.3) is 0 Å². The van der Waals surface area contributed by atoms with Crippen LogP contribution in [0, 0.1) is 0 Å². The summed E-state index contributed by atoms with van der Waals surface area (Å²) in [6.45, 7) is 2.45. The number of carboxylic acids is 1. The minimum absolute atomic E-state index is 0.106. The summed E-state index contributed by atoms with van der Waals surface area (Å²) in [6, 6.07) is 17.6. The van der Waals surface area contributed by atoms with E-state index < -0.39 is 52.1 Å². The van der Waals surface area contributed by atoms with E-state index in [2.05, 4.69) is 0 Å². The van der Waals surface area contributed by atoms with Crippen molar-refractivity contribution in [2.45, 2.75) is 55.2 Å². The third-order valence-corrected chi connectivity index (χ3v) is 8.88. The summed E-state index contributed by atoms with van der Waals surface area (Å²) >= 11 is 6.44. The number of aliphatic hydroxyl groups excluding tert-OH is 2. The number of halogens is 1. The third-order valence-electron chi connectivity index (χ3n) is 6.75. The molecule has 0 unspecified atom stereocenters. The van der Waals surface area contributed by atoms with Gasteiger partial charge in [-0.05, 0) is 66.4 Å². The summed E-state index contributed by atoms with van der Waals surface area (Å²) in [5.41, 5.74) is 2.29. The lowest BCUT2D eigenvalue weighted by Gasteiger charge is -2.42. The van der Waals surface area contributed by atoms with Crippen LogP contribution in [0.15, 0.2) is 71.6 Å². The highest BCUT2D eigenvalue weighted by molar-refractivity contribution is 7.91. The average molecular weight is 591 g/mol. The summed E-state index contributed by atoms with van der Waals surface area (Å²) < 4.78 is 37.5. The molecule has 0 saturated carbocycles. The first-order valence-corrected chi connectivity index (χ1v) is 14.7. The molecule has 9 nitrogen and oxygen atoms in total. The molecule has 0 radical (unpaired) electrons. The summed E-state index contributed by atoms with van der Waals surface area (Å²) in [7, 11) is -4.04. The number of hydrogen-bond acceptors (Lipinski definition) is 8. The molecule has 4 rings (SSSR count). The molecule has 1 fully saturated rings. The van der Waals surface area contributed by atoms with Crippen LogP contribution in [0.25, 0.3) is 0 Å². The fraction of sp³-hybridized carbons (Fsp3) is 0.345. The predicted molar refractivity (Wildman–Crippen MR) is 147 cm³/mol. The number of hydrogen-bond donors (Lipinski definition) is 4. The van der Waals surface area contributed by atoms with Gasteiger partial charge in [-0.2, -0.15) is 0 Å². The van der Waals surface area contributed by atoms with Crippen molar-refractivity contribution in [2.24, 2.45) is 0 Å². The van der Waals surface area contributed by atoms with Crippen LogP contribution in [0.1, 0.15) is 35.6 Å². The minimum Gasteiger partial charge on any atom is -0.494 e. The summed E-state index contributed by atoms with van der Waals surface area (Å²) in [5.74, 6) is -3.13. The minimum atomic E-state index is -4.04. The number of rotatable bonds is 10. The first kappa shape index (κ1) is 30.0. The Hall–Kier alpha value is -2.99. The molecule has 1 aliphatic rings. The molecule has 0 bridgehead atoms. The molecule has 0 aromatic heterocycles. The number of carbonyl (C=O) groups is 1. The van der Waals surface area contributed by atoms with E-state index in [1.807, 2.05) is 31.2 Å². The molecule has 4 atom stereocenters. The topological polar surface area (TPSA) is 151 Å². The lowest BCUT2D eigenvalue weighted by Crippen LogP contribution is -2.55. The second-order valence-electron chi connectivity index (χ2n) is 9.76. The van der Waals surface area contributed by atoms with Gasteiger partial charge >= 0.3 is 5.97 Å². The zero-order chi connectivity index (χ0) is 29.1. The zero-order valence-corrected chi connectivity index (χ0v) is 23.3. The number of carboxylic acid groups (broad SMARTS) is 1. The van der Waals surface area contributed by atoms with E-state index in [1.165, 1.54) is 30.3 Å². The Labute approximate surface area is 237 Å². The Morgan fingerprint density at radius 1 is 1.05 bits per heavy atom. The van der Waals surface area contributed by atoms with Gasteiger partial charge < -0.3 is 29.9 Å². The van der Waals surface area contributed by atoms with Gasteiger partial charge in [0.05, 0.1) is 29.8 Å². The van der Waals surface area contributed by atoms with Gasteiger partial charge in [-0.15, -0.1) is 0 Å². The Bertz CT molecular complexity index is 1440. The van der Waals surface area contributed by atoms with Crippen molar-refractivity contribution in [3.05, 3.63) is 94.0 Å². The second kappa shape index (κ2) is 12.3. The molecule has 214 valence electrons. The molecule has 0 spiro atoms. The molecule has 0 amide bonds. The van der Waals surface area contributed by atoms with Gasteiger partial charge in [0.1, 0.15) is 18.0 Å². The molecule has 0 aliphatic carbocycles. The Balaban J connectivity index is 1.55. The molecule has 4 N–H and O–H groups in total. The van der Waals surface area contributed by atoms with E-state index in [0.29, 0.717) is 29.2 Å². The number of benzene rings is 3. The van der Waals surface area contributed by atoms with Crippen LogP contribution >= 0.6 is 11.6 Å². The molecule has 1 saturated heterocycles. The number of aliphatic hydroxyl groups is 3. The molecule has 3 aromatic rings. The Morgan fingerprint density at radius 3 is 2.33 bits per heavy atom. The van der Waals surface area contributed by atoms with Crippen LogP contribution in [0.2, 0.25) is 5.02 Å². The molecule has 11 heteroatoms. The molecular formula is C29H31ClO9S. The quantitative estimate of drug-likeness (QED) is 0.279. The van der Waals surface area contributed by atoms with Crippen molar-refractivity contribution in [2.75, 3.05) is 12.4 Å². The monoisotopic (exact) mass is 590 g/mol. The van der Waals surface area contributed by atoms with Crippen LogP contribution in [0.4, 0.5) is 0 Å². The normalized spacial score (nSPS) is 23.1. The first-order chi connectivity index (χ1) is 18.9. The maximum Gasteiger partial charge on any atom is 0.307 e. The Morgan fingerprint density at radius 2 is 1.70 bits per heavy atom. The van der Waals surface area contributed by atoms with Crippen molar-refractivity contribution in [1.82, 2.24) is 0 Å². The standard InChI is InChI=1S/C29H31ClO9S/c1-2-38-22-8-3-18(4-9-22)13-20-15-21(7-12-24(20)30)29(35)16-25(31)28(34)26(39-29)17-40(36,37)23-10-5-19(6-11-23)14-27(32)33/h3-12,15,25-26,28,31,34-35H,2,13-14,16-17H2,1H3,(H,32,33)/t25-,26-,28-,29+/m1/s1. The van der Waals surface area contributed by atoms with E-state index >= 15 is 0 Å². The van der Waals surface area contributed by atoms with E-state index in [1.54, 1.807) is 12.1 Å². The predicted octanol–water partition coefficient (Wildman–Crippen LogP) is 3.09. The van der Waals surface area contributed by atoms with Crippen molar-refractivity contribution < 1.29 is 43.1 Å². The van der Waals surface area contributed by atoms with E-state index in [9.17, 15) is 28.5 Å². The van der Waals surface area contributed by atoms with E-state index in [-0.39, 0.29) is 16.9 Å². The van der Waals surface area contributed by atoms with Gasteiger partial charge in [-0.1, -0.05) is 41.9 Å². The van der Waals surface area contributed by atoms with Gasteiger partial charge in [-0.3, -0.25) is 4.79 Å². The maximum atomic E-state index is 13.1. The third kappa shape index (κ3) is 7.01. The number of aliphatic carboxylic acids is 1. The highest BCUT2D eigenvalue weighted by Crippen LogP contribution is 2.38. The van der Waals surface area contributed by atoms with Gasteiger partial charge in [0.15, 0.2) is 15.6 Å². The van der Waals surface area contributed by atoms with Gasteiger partial charge in [0.2, 0.25) is 0 Å². The average Bonchev–Trinajstić information content (AvgIpc) is 2.89. The van der Waals surface area contributed by atoms with Crippen molar-refractivity contribution >= 4 is 27.4 Å². The summed E-state index contributed by atoms with van der Waals surface area (Å²) in [4.78, 5) is 10.8. The first-order valence-electron chi connectivity index (χ1n) is 12.7. The van der Waals surface area contributed by atoms with E-state index in [4.69, 9.17) is 26.2 Å². The fourth-order valence-corrected chi connectivity index (χ4v) is 6.31. The van der Waals surface area contributed by atoms with Crippen LogP contribution < -0.4 is 4.74 Å². The number of ether oxygens (including phenoxy) is 2. The van der Waals surface area contributed by atoms with E-state index in [0.717, 1.165) is 11.3 Å². The van der Waals surface area contributed by atoms with Gasteiger partial charge in [0, 0.05) is 17.0 Å². The molecular weight excluding hydrogens is 560 g/mol. The highest BCUT2D eigenvalue weighted by atomic mass is 35.5. The van der Waals surface area contributed by atoms with Gasteiger partial charge in [-0.25, -0.2) is 8.42 Å². The maximum absolute atomic E-state index is 13.1. The van der Waals surface area contributed by atoms with Crippen LogP contribution in [-0.2, 0) is 38.0 Å². The summed E-state index contributed by atoms with van der Waals surface area (Å²) in [5, 5.41) is 42.0. The molecule has 40 heavy (non-hydrogen) atoms. The van der Waals surface area contributed by atoms with Crippen LogP contribution in [-0.4, -0.2) is 65.5 Å². The smallest absolute Gasteiger partial charge is 0.307 e. The van der Waals surface area contributed by atoms with Crippen molar-refractivity contribution in [3.8, 4) is 5.75 Å². The SMILES string of the molecule is CCOc1ccc(Cc2cc([C@]3(O)C[C@@H](O)[C@@H](O)[C@@H](CS(=O)(=O)c4ccc(CC(=O)O)cc4)O3)ccc2Cl)cc1. The van der Waals surface area contributed by atoms with Crippen LogP contribution in [0.3, 0.4) is 0 Å². The largest absolute Gasteiger partial charge is 0.494 e. The molecule has 1 aliphatic heterocycles. The van der Waals surface area contributed by atoms with Crippen molar-refractivity contribution in [1.29, 1.82) is 0 Å².